The molecule has 0 spiro atoms. The van der Waals surface area contributed by atoms with Gasteiger partial charge in [0.15, 0.2) is 8.07 Å². The maximum absolute atomic E-state index is 6.54. The second-order valence-electron chi connectivity index (χ2n) is 12.4. The Bertz CT molecular complexity index is 2240. The van der Waals surface area contributed by atoms with Crippen LogP contribution in [0.3, 0.4) is 0 Å². The molecule has 0 amide bonds. The van der Waals surface area contributed by atoms with Gasteiger partial charge in [-0.3, -0.25) is 0 Å². The monoisotopic (exact) mass is 633 g/mol. The fourth-order valence-corrected chi connectivity index (χ4v) is 14.6. The Morgan fingerprint density at radius 3 is 1.64 bits per heavy atom. The SMILES string of the molecule is c1ccc([Si]2(c3ccccc3)c3ccccc3N(c3cccc4c3B3c5ccccc5Oc5cccc(c53)S4)c3ccccc32)cc1. The van der Waals surface area contributed by atoms with Crippen molar-refractivity contribution in [1.82, 2.24) is 0 Å². The van der Waals surface area contributed by atoms with Crippen molar-refractivity contribution in [2.45, 2.75) is 9.79 Å². The largest absolute Gasteiger partial charge is 0.458 e. The molecule has 0 saturated heterocycles. The van der Waals surface area contributed by atoms with E-state index >= 15 is 0 Å². The van der Waals surface area contributed by atoms with Gasteiger partial charge in [-0.2, -0.15) is 0 Å². The van der Waals surface area contributed by atoms with Crippen molar-refractivity contribution in [3.05, 3.63) is 170 Å². The van der Waals surface area contributed by atoms with E-state index in [1.165, 1.54) is 64.0 Å². The van der Waals surface area contributed by atoms with Crippen molar-refractivity contribution in [2.75, 3.05) is 4.90 Å². The molecule has 5 heteroatoms. The minimum Gasteiger partial charge on any atom is -0.458 e. The van der Waals surface area contributed by atoms with E-state index in [1.54, 1.807) is 0 Å². The summed E-state index contributed by atoms with van der Waals surface area (Å²) in [5.41, 5.74) is 7.56. The van der Waals surface area contributed by atoms with Gasteiger partial charge in [0.1, 0.15) is 11.5 Å². The number of benzene rings is 7. The van der Waals surface area contributed by atoms with Crippen LogP contribution in [0.2, 0.25) is 0 Å². The summed E-state index contributed by atoms with van der Waals surface area (Å²) in [5.74, 6) is 1.90. The van der Waals surface area contributed by atoms with Gasteiger partial charge in [0.25, 0.3) is 6.71 Å². The van der Waals surface area contributed by atoms with Gasteiger partial charge in [-0.05, 0) is 79.6 Å². The minimum absolute atomic E-state index is 0.0603. The number of hydrogen-bond acceptors (Lipinski definition) is 3. The summed E-state index contributed by atoms with van der Waals surface area (Å²) in [5, 5.41) is 5.61. The average molecular weight is 634 g/mol. The van der Waals surface area contributed by atoms with Crippen LogP contribution in [0.4, 0.5) is 17.1 Å². The van der Waals surface area contributed by atoms with Crippen LogP contribution in [0.15, 0.2) is 180 Å². The van der Waals surface area contributed by atoms with Crippen LogP contribution in [0.25, 0.3) is 0 Å². The van der Waals surface area contributed by atoms with Gasteiger partial charge in [-0.25, -0.2) is 0 Å². The summed E-state index contributed by atoms with van der Waals surface area (Å²) in [4.78, 5) is 5.13. The Labute approximate surface area is 280 Å². The molecule has 0 fully saturated rings. The van der Waals surface area contributed by atoms with Crippen molar-refractivity contribution in [2.24, 2.45) is 0 Å². The molecule has 3 aliphatic heterocycles. The summed E-state index contributed by atoms with van der Waals surface area (Å²) in [6.07, 6.45) is 0. The third-order valence-electron chi connectivity index (χ3n) is 10.1. The second-order valence-corrected chi connectivity index (χ2v) is 17.2. The maximum Gasteiger partial charge on any atom is 0.256 e. The first-order chi connectivity index (χ1) is 23.3. The summed E-state index contributed by atoms with van der Waals surface area (Å²) < 4.78 is 6.54. The van der Waals surface area contributed by atoms with Crippen LogP contribution < -0.4 is 46.8 Å². The Morgan fingerprint density at radius 1 is 0.447 bits per heavy atom. The molecular weight excluding hydrogens is 605 g/mol. The lowest BCUT2D eigenvalue weighted by atomic mass is 9.35. The predicted molar refractivity (Wildman–Crippen MR) is 200 cm³/mol. The first-order valence-electron chi connectivity index (χ1n) is 16.1. The highest BCUT2D eigenvalue weighted by molar-refractivity contribution is 8.00. The molecule has 7 aromatic carbocycles. The fraction of sp³-hybridized carbons (Fsp3) is 0. The Hall–Kier alpha value is -5.23. The van der Waals surface area contributed by atoms with E-state index in [4.69, 9.17) is 4.74 Å². The predicted octanol–water partition coefficient (Wildman–Crippen LogP) is 5.93. The molecule has 220 valence electrons. The highest BCUT2D eigenvalue weighted by Gasteiger charge is 2.50. The summed E-state index contributed by atoms with van der Waals surface area (Å²) in [6.45, 7) is 0.0603. The lowest BCUT2D eigenvalue weighted by Gasteiger charge is -2.46. The molecule has 3 aliphatic rings. The van der Waals surface area contributed by atoms with Gasteiger partial charge in [0, 0.05) is 26.9 Å². The third-order valence-corrected chi connectivity index (χ3v) is 16.1. The van der Waals surface area contributed by atoms with Crippen LogP contribution in [-0.2, 0) is 0 Å². The van der Waals surface area contributed by atoms with Gasteiger partial charge in [0.2, 0.25) is 0 Å². The zero-order valence-electron chi connectivity index (χ0n) is 25.5. The molecule has 47 heavy (non-hydrogen) atoms. The Balaban J connectivity index is 1.29. The minimum atomic E-state index is -2.69. The zero-order chi connectivity index (χ0) is 31.0. The number of ether oxygens (including phenoxy) is 1. The number of fused-ring (bicyclic) bond motifs is 6. The molecule has 2 nitrogen and oxygen atoms in total. The second kappa shape index (κ2) is 10.4. The van der Waals surface area contributed by atoms with Crippen LogP contribution >= 0.6 is 11.8 Å². The van der Waals surface area contributed by atoms with Crippen molar-refractivity contribution in [1.29, 1.82) is 0 Å². The van der Waals surface area contributed by atoms with E-state index in [0.717, 1.165) is 11.5 Å². The quantitative estimate of drug-likeness (QED) is 0.224. The van der Waals surface area contributed by atoms with Gasteiger partial charge in [-0.1, -0.05) is 139 Å². The average Bonchev–Trinajstić information content (AvgIpc) is 3.14. The van der Waals surface area contributed by atoms with E-state index in [9.17, 15) is 0 Å². The van der Waals surface area contributed by atoms with Gasteiger partial charge < -0.3 is 9.64 Å². The summed E-state index contributed by atoms with van der Waals surface area (Å²) >= 11 is 1.86. The van der Waals surface area contributed by atoms with Crippen molar-refractivity contribution in [3.8, 4) is 11.5 Å². The molecule has 0 N–H and O–H groups in total. The molecular formula is C42H28BNOSSi. The standard InChI is InChI=1S/C42H28BNOSSi/c1-3-15-29(16-4-1)47(30-17-5-2-6-18-30)39-27-11-8-20-32(39)44(33-21-9-12-28-40(33)47)34-22-13-25-37-41(34)43-31-19-7-10-23-35(31)45-36-24-14-26-38(46-37)42(36)43/h1-28H. The van der Waals surface area contributed by atoms with Crippen molar-refractivity contribution < 1.29 is 4.74 Å². The highest BCUT2D eigenvalue weighted by Crippen LogP contribution is 2.42. The number of para-hydroxylation sites is 3. The molecule has 3 heterocycles. The molecule has 0 bridgehead atoms. The summed E-state index contributed by atoms with van der Waals surface area (Å²) in [6, 6.07) is 62.7. The molecule has 0 unspecified atom stereocenters. The van der Waals surface area contributed by atoms with Crippen LogP contribution in [0, 0.1) is 0 Å². The number of nitrogens with zero attached hydrogens (tertiary/aromatic N) is 1. The molecule has 0 atom stereocenters. The molecule has 0 radical (unpaired) electrons. The first-order valence-corrected chi connectivity index (χ1v) is 19.0. The lowest BCUT2D eigenvalue weighted by molar-refractivity contribution is 0.486. The number of hydrogen-bond donors (Lipinski definition) is 0. The topological polar surface area (TPSA) is 12.5 Å². The van der Waals surface area contributed by atoms with E-state index in [2.05, 4.69) is 175 Å². The number of anilines is 3. The summed E-state index contributed by atoms with van der Waals surface area (Å²) in [7, 11) is -2.69. The van der Waals surface area contributed by atoms with E-state index in [-0.39, 0.29) is 6.71 Å². The zero-order valence-corrected chi connectivity index (χ0v) is 27.3. The third kappa shape index (κ3) is 3.75. The van der Waals surface area contributed by atoms with Crippen LogP contribution in [0.5, 0.6) is 11.5 Å². The molecule has 0 saturated carbocycles. The van der Waals surface area contributed by atoms with Gasteiger partial charge in [0.05, 0.1) is 0 Å². The molecule has 10 rings (SSSR count). The normalized spacial score (nSPS) is 14.6. The Kier molecular flexibility index (Phi) is 5.96. The number of rotatable bonds is 3. The van der Waals surface area contributed by atoms with Crippen LogP contribution in [-0.4, -0.2) is 14.8 Å². The van der Waals surface area contributed by atoms with Crippen molar-refractivity contribution in [3.63, 3.8) is 0 Å². The first kappa shape index (κ1) is 26.9. The highest BCUT2D eigenvalue weighted by atomic mass is 32.2. The van der Waals surface area contributed by atoms with Crippen LogP contribution in [0.1, 0.15) is 0 Å². The smallest absolute Gasteiger partial charge is 0.256 e. The Morgan fingerprint density at radius 2 is 0.957 bits per heavy atom. The fourth-order valence-electron chi connectivity index (χ4n) is 8.27. The molecule has 0 aromatic heterocycles. The van der Waals surface area contributed by atoms with Crippen molar-refractivity contribution >= 4 is 80.7 Å². The van der Waals surface area contributed by atoms with E-state index < -0.39 is 8.07 Å². The van der Waals surface area contributed by atoms with Gasteiger partial charge in [-0.15, -0.1) is 0 Å². The van der Waals surface area contributed by atoms with E-state index in [0.29, 0.717) is 0 Å². The molecule has 7 aromatic rings. The van der Waals surface area contributed by atoms with E-state index in [1.807, 2.05) is 11.8 Å². The molecule has 0 aliphatic carbocycles. The lowest BCUT2D eigenvalue weighted by Crippen LogP contribution is -2.77. The van der Waals surface area contributed by atoms with Gasteiger partial charge >= 0.3 is 0 Å². The maximum atomic E-state index is 6.54.